The van der Waals surface area contributed by atoms with E-state index in [2.05, 4.69) is 26.1 Å². The first-order valence-corrected chi connectivity index (χ1v) is 7.94. The number of carbonyl (C=O) groups excluding carboxylic acids is 1. The summed E-state index contributed by atoms with van der Waals surface area (Å²) in [5, 5.41) is 3.30. The second kappa shape index (κ2) is 5.84. The molecule has 0 bridgehead atoms. The lowest BCUT2D eigenvalue weighted by Crippen LogP contribution is -2.62. The summed E-state index contributed by atoms with van der Waals surface area (Å²) in [6.07, 6.45) is 0. The van der Waals surface area contributed by atoms with E-state index < -0.39 is 0 Å². The predicted molar refractivity (Wildman–Crippen MR) is 83.0 cm³/mol. The van der Waals surface area contributed by atoms with Crippen molar-refractivity contribution in [3.05, 3.63) is 33.8 Å². The van der Waals surface area contributed by atoms with Crippen LogP contribution >= 0.6 is 15.9 Å². The largest absolute Gasteiger partial charge is 0.336 e. The zero-order chi connectivity index (χ0) is 14.1. The molecule has 0 radical (unpaired) electrons. The highest BCUT2D eigenvalue weighted by molar-refractivity contribution is 9.10. The van der Waals surface area contributed by atoms with Crippen LogP contribution in [-0.2, 0) is 0 Å². The van der Waals surface area contributed by atoms with E-state index in [1.54, 1.807) is 0 Å². The van der Waals surface area contributed by atoms with Gasteiger partial charge in [-0.2, -0.15) is 0 Å². The topological polar surface area (TPSA) is 35.6 Å². The summed E-state index contributed by atoms with van der Waals surface area (Å²) in [4.78, 5) is 17.1. The van der Waals surface area contributed by atoms with Crippen molar-refractivity contribution < 1.29 is 4.79 Å². The highest BCUT2D eigenvalue weighted by Gasteiger charge is 2.29. The number of rotatable bonds is 2. The monoisotopic (exact) mass is 337 g/mol. The number of carbonyl (C=O) groups is 1. The third kappa shape index (κ3) is 2.75. The van der Waals surface area contributed by atoms with Crippen LogP contribution in [0.25, 0.3) is 0 Å². The van der Waals surface area contributed by atoms with E-state index in [1.165, 1.54) is 0 Å². The lowest BCUT2D eigenvalue weighted by molar-refractivity contribution is 0.0501. The van der Waals surface area contributed by atoms with Crippen molar-refractivity contribution in [1.29, 1.82) is 0 Å². The zero-order valence-corrected chi connectivity index (χ0v) is 13.3. The molecule has 0 aromatic heterocycles. The number of amides is 1. The molecule has 0 atom stereocenters. The van der Waals surface area contributed by atoms with E-state index in [0.29, 0.717) is 6.04 Å². The van der Waals surface area contributed by atoms with Crippen LogP contribution in [0, 0.1) is 6.92 Å². The van der Waals surface area contributed by atoms with Crippen molar-refractivity contribution in [3.63, 3.8) is 0 Å². The Kier molecular flexibility index (Phi) is 4.10. The van der Waals surface area contributed by atoms with Crippen molar-refractivity contribution in [3.8, 4) is 0 Å². The Bertz CT molecular complexity index is 508. The molecule has 2 heterocycles. The molecule has 1 aromatic carbocycles. The van der Waals surface area contributed by atoms with Crippen molar-refractivity contribution >= 4 is 21.8 Å². The highest BCUT2D eigenvalue weighted by atomic mass is 79.9. The quantitative estimate of drug-likeness (QED) is 0.888. The average Bonchev–Trinajstić information content (AvgIpc) is 2.40. The van der Waals surface area contributed by atoms with Crippen LogP contribution in [-0.4, -0.2) is 61.0 Å². The first-order valence-electron chi connectivity index (χ1n) is 7.15. The lowest BCUT2D eigenvalue weighted by Gasteiger charge is -2.43. The molecule has 0 spiro atoms. The Morgan fingerprint density at radius 2 is 1.95 bits per heavy atom. The molecular formula is C15H20BrN3O. The molecule has 1 N–H and O–H groups in total. The Morgan fingerprint density at radius 3 is 2.55 bits per heavy atom. The Morgan fingerprint density at radius 1 is 1.25 bits per heavy atom. The van der Waals surface area contributed by atoms with Crippen LogP contribution in [0.3, 0.4) is 0 Å². The number of hydrogen-bond donors (Lipinski definition) is 1. The summed E-state index contributed by atoms with van der Waals surface area (Å²) in [5.41, 5.74) is 1.86. The molecule has 0 unspecified atom stereocenters. The van der Waals surface area contributed by atoms with Gasteiger partial charge in [0.2, 0.25) is 0 Å². The minimum atomic E-state index is 0.162. The molecule has 0 saturated carbocycles. The number of aryl methyl sites for hydroxylation is 1. The third-order valence-electron chi connectivity index (χ3n) is 4.31. The fourth-order valence-corrected chi connectivity index (χ4v) is 3.18. The molecule has 2 aliphatic heterocycles. The smallest absolute Gasteiger partial charge is 0.254 e. The van der Waals surface area contributed by atoms with Gasteiger partial charge in [-0.15, -0.1) is 0 Å². The number of piperazine rings is 1. The number of hydrogen-bond acceptors (Lipinski definition) is 3. The molecular weight excluding hydrogens is 318 g/mol. The van der Waals surface area contributed by atoms with Gasteiger partial charge in [-0.3, -0.25) is 9.69 Å². The van der Waals surface area contributed by atoms with Gasteiger partial charge in [-0.05, 0) is 24.6 Å². The van der Waals surface area contributed by atoms with E-state index in [1.807, 2.05) is 30.0 Å². The Balaban J connectivity index is 1.65. The van der Waals surface area contributed by atoms with Crippen molar-refractivity contribution in [2.45, 2.75) is 13.0 Å². The number of nitrogens with zero attached hydrogens (tertiary/aromatic N) is 2. The molecule has 2 aliphatic rings. The van der Waals surface area contributed by atoms with Crippen LogP contribution in [0.5, 0.6) is 0 Å². The van der Waals surface area contributed by atoms with Gasteiger partial charge in [0.15, 0.2) is 0 Å². The highest BCUT2D eigenvalue weighted by Crippen LogP contribution is 2.19. The van der Waals surface area contributed by atoms with Crippen LogP contribution in [0.4, 0.5) is 0 Å². The molecule has 1 amide bonds. The maximum absolute atomic E-state index is 12.6. The molecule has 5 heteroatoms. The summed E-state index contributed by atoms with van der Waals surface area (Å²) in [5.74, 6) is 0.162. The van der Waals surface area contributed by atoms with Gasteiger partial charge in [0.25, 0.3) is 5.91 Å². The maximum atomic E-state index is 12.6. The van der Waals surface area contributed by atoms with Gasteiger partial charge in [0.05, 0.1) is 0 Å². The lowest BCUT2D eigenvalue weighted by atomic mass is 10.1. The third-order valence-corrected chi connectivity index (χ3v) is 4.80. The van der Waals surface area contributed by atoms with E-state index in [4.69, 9.17) is 0 Å². The van der Waals surface area contributed by atoms with Gasteiger partial charge >= 0.3 is 0 Å². The first-order chi connectivity index (χ1) is 9.65. The average molecular weight is 338 g/mol. The Labute approximate surface area is 128 Å². The number of halogens is 1. The van der Waals surface area contributed by atoms with Gasteiger partial charge < -0.3 is 10.2 Å². The molecule has 2 saturated heterocycles. The van der Waals surface area contributed by atoms with E-state index >= 15 is 0 Å². The van der Waals surface area contributed by atoms with Crippen LogP contribution in [0.1, 0.15) is 15.9 Å². The normalized spacial score (nSPS) is 20.8. The standard InChI is InChI=1S/C15H20BrN3O/c1-11-2-3-12(16)8-14(11)15(20)19-6-4-18(5-7-19)13-9-17-10-13/h2-3,8,13,17H,4-7,9-10H2,1H3. The summed E-state index contributed by atoms with van der Waals surface area (Å²) >= 11 is 3.45. The molecule has 4 nitrogen and oxygen atoms in total. The zero-order valence-electron chi connectivity index (χ0n) is 11.7. The van der Waals surface area contributed by atoms with Crippen LogP contribution in [0.2, 0.25) is 0 Å². The summed E-state index contributed by atoms with van der Waals surface area (Å²) in [6, 6.07) is 6.58. The van der Waals surface area contributed by atoms with Gasteiger partial charge in [0.1, 0.15) is 0 Å². The van der Waals surface area contributed by atoms with Crippen LogP contribution in [0.15, 0.2) is 22.7 Å². The summed E-state index contributed by atoms with van der Waals surface area (Å²) in [7, 11) is 0. The summed E-state index contributed by atoms with van der Waals surface area (Å²) < 4.78 is 0.964. The van der Waals surface area contributed by atoms with Gasteiger partial charge in [-0.25, -0.2) is 0 Å². The Hall–Kier alpha value is -0.910. The number of benzene rings is 1. The fraction of sp³-hybridized carbons (Fsp3) is 0.533. The second-order valence-corrected chi connectivity index (χ2v) is 6.52. The van der Waals surface area contributed by atoms with Crippen molar-refractivity contribution in [2.24, 2.45) is 0 Å². The maximum Gasteiger partial charge on any atom is 0.254 e. The fourth-order valence-electron chi connectivity index (χ4n) is 2.82. The van der Waals surface area contributed by atoms with E-state index in [-0.39, 0.29) is 5.91 Å². The molecule has 3 rings (SSSR count). The number of nitrogens with one attached hydrogen (secondary N) is 1. The molecule has 2 fully saturated rings. The van der Waals surface area contributed by atoms with Crippen LogP contribution < -0.4 is 5.32 Å². The minimum absolute atomic E-state index is 0.162. The van der Waals surface area contributed by atoms with Gasteiger partial charge in [0, 0.05) is 55.3 Å². The first kappa shape index (κ1) is 14.0. The molecule has 108 valence electrons. The van der Waals surface area contributed by atoms with E-state index in [0.717, 1.165) is 54.9 Å². The predicted octanol–water partition coefficient (Wildman–Crippen LogP) is 1.49. The van der Waals surface area contributed by atoms with E-state index in [9.17, 15) is 4.79 Å². The second-order valence-electron chi connectivity index (χ2n) is 5.60. The summed E-state index contributed by atoms with van der Waals surface area (Å²) in [6.45, 7) is 7.84. The molecule has 0 aliphatic carbocycles. The SMILES string of the molecule is Cc1ccc(Br)cc1C(=O)N1CCN(C2CNC2)CC1. The van der Waals surface area contributed by atoms with Crippen molar-refractivity contribution in [2.75, 3.05) is 39.3 Å². The minimum Gasteiger partial charge on any atom is -0.336 e. The van der Waals surface area contributed by atoms with Crippen molar-refractivity contribution in [1.82, 2.24) is 15.1 Å². The molecule has 20 heavy (non-hydrogen) atoms. The molecule has 1 aromatic rings. The van der Waals surface area contributed by atoms with Gasteiger partial charge in [-0.1, -0.05) is 22.0 Å².